The van der Waals surface area contributed by atoms with Gasteiger partial charge in [-0.05, 0) is 26.7 Å². The predicted octanol–water partition coefficient (Wildman–Crippen LogP) is 1.52. The smallest absolute Gasteiger partial charge is 0.305 e. The van der Waals surface area contributed by atoms with E-state index in [-0.39, 0.29) is 29.9 Å². The van der Waals surface area contributed by atoms with Crippen LogP contribution in [-0.2, 0) is 9.53 Å². The number of esters is 1. The van der Waals surface area contributed by atoms with E-state index in [1.165, 1.54) is 7.11 Å². The van der Waals surface area contributed by atoms with Gasteiger partial charge in [-0.2, -0.15) is 0 Å². The molecule has 0 atom stereocenters. The summed E-state index contributed by atoms with van der Waals surface area (Å²) in [6.07, 6.45) is 2.24. The standard InChI is InChI=1S/C11H23N3O2.HI/c1-9(2)14-11(12-3)13-8-6-5-7-10(15)16-4;/h9H,5-8H2,1-4H3,(H2,12,13,14);1H. The topological polar surface area (TPSA) is 62.7 Å². The Balaban J connectivity index is 0. The maximum Gasteiger partial charge on any atom is 0.305 e. The molecule has 0 aliphatic rings. The maximum absolute atomic E-state index is 10.8. The summed E-state index contributed by atoms with van der Waals surface area (Å²) in [6, 6.07) is 0.362. The number of hydrogen-bond acceptors (Lipinski definition) is 3. The molecule has 0 aliphatic heterocycles. The fourth-order valence-electron chi connectivity index (χ4n) is 1.17. The molecular weight excluding hydrogens is 333 g/mol. The predicted molar refractivity (Wildman–Crippen MR) is 80.9 cm³/mol. The van der Waals surface area contributed by atoms with E-state index < -0.39 is 0 Å². The summed E-state index contributed by atoms with van der Waals surface area (Å²) in [5, 5.41) is 6.37. The molecule has 0 amide bonds. The van der Waals surface area contributed by atoms with Crippen LogP contribution in [-0.4, -0.2) is 38.7 Å². The van der Waals surface area contributed by atoms with Crippen molar-refractivity contribution in [3.63, 3.8) is 0 Å². The van der Waals surface area contributed by atoms with Gasteiger partial charge < -0.3 is 15.4 Å². The molecule has 102 valence electrons. The fourth-order valence-corrected chi connectivity index (χ4v) is 1.17. The van der Waals surface area contributed by atoms with Crippen LogP contribution in [0.4, 0.5) is 0 Å². The van der Waals surface area contributed by atoms with E-state index >= 15 is 0 Å². The van der Waals surface area contributed by atoms with Crippen molar-refractivity contribution in [3.8, 4) is 0 Å². The molecule has 0 rings (SSSR count). The van der Waals surface area contributed by atoms with Gasteiger partial charge in [0.25, 0.3) is 0 Å². The second kappa shape index (κ2) is 11.9. The van der Waals surface area contributed by atoms with Crippen LogP contribution in [0, 0.1) is 0 Å². The first kappa shape index (κ1) is 18.8. The SMILES string of the molecule is CN=C(NCCCCC(=O)OC)NC(C)C.I. The van der Waals surface area contributed by atoms with Crippen LogP contribution in [0.15, 0.2) is 4.99 Å². The Bertz CT molecular complexity index is 233. The summed E-state index contributed by atoms with van der Waals surface area (Å²) in [5.41, 5.74) is 0. The first-order valence-electron chi connectivity index (χ1n) is 5.64. The minimum absolute atomic E-state index is 0. The Morgan fingerprint density at radius 2 is 2.00 bits per heavy atom. The van der Waals surface area contributed by atoms with Crippen LogP contribution >= 0.6 is 24.0 Å². The largest absolute Gasteiger partial charge is 0.469 e. The van der Waals surface area contributed by atoms with Gasteiger partial charge in [0, 0.05) is 26.1 Å². The van der Waals surface area contributed by atoms with Gasteiger partial charge in [-0.3, -0.25) is 9.79 Å². The normalized spacial score (nSPS) is 10.8. The monoisotopic (exact) mass is 357 g/mol. The van der Waals surface area contributed by atoms with E-state index in [4.69, 9.17) is 0 Å². The van der Waals surface area contributed by atoms with Crippen LogP contribution < -0.4 is 10.6 Å². The molecular formula is C11H24IN3O2. The summed E-state index contributed by atoms with van der Waals surface area (Å²) < 4.78 is 4.56. The van der Waals surface area contributed by atoms with Crippen molar-refractivity contribution in [1.29, 1.82) is 0 Å². The molecule has 0 radical (unpaired) electrons. The minimum atomic E-state index is -0.148. The van der Waals surface area contributed by atoms with Gasteiger partial charge in [-0.15, -0.1) is 24.0 Å². The molecule has 0 spiro atoms. The second-order valence-electron chi connectivity index (χ2n) is 3.83. The van der Waals surface area contributed by atoms with Gasteiger partial charge in [0.15, 0.2) is 5.96 Å². The number of carbonyl (C=O) groups excluding carboxylic acids is 1. The lowest BCUT2D eigenvalue weighted by molar-refractivity contribution is -0.140. The molecule has 0 unspecified atom stereocenters. The number of methoxy groups -OCH3 is 1. The number of hydrogen-bond donors (Lipinski definition) is 2. The van der Waals surface area contributed by atoms with E-state index in [0.29, 0.717) is 12.5 Å². The van der Waals surface area contributed by atoms with Crippen molar-refractivity contribution in [2.45, 2.75) is 39.2 Å². The van der Waals surface area contributed by atoms with Gasteiger partial charge >= 0.3 is 5.97 Å². The molecule has 0 heterocycles. The maximum atomic E-state index is 10.8. The highest BCUT2D eigenvalue weighted by atomic mass is 127. The van der Waals surface area contributed by atoms with E-state index in [9.17, 15) is 4.79 Å². The number of ether oxygens (including phenoxy) is 1. The van der Waals surface area contributed by atoms with Gasteiger partial charge in [0.1, 0.15) is 0 Å². The van der Waals surface area contributed by atoms with Crippen molar-refractivity contribution in [1.82, 2.24) is 10.6 Å². The Kier molecular flexibility index (Phi) is 13.2. The summed E-state index contributed by atoms with van der Waals surface area (Å²) >= 11 is 0. The summed E-state index contributed by atoms with van der Waals surface area (Å²) in [7, 11) is 3.15. The number of unbranched alkanes of at least 4 members (excludes halogenated alkanes) is 1. The molecule has 5 nitrogen and oxygen atoms in total. The van der Waals surface area contributed by atoms with E-state index in [1.807, 2.05) is 0 Å². The zero-order chi connectivity index (χ0) is 12.4. The van der Waals surface area contributed by atoms with Crippen LogP contribution in [0.2, 0.25) is 0 Å². The van der Waals surface area contributed by atoms with Crippen LogP contribution in [0.1, 0.15) is 33.1 Å². The lowest BCUT2D eigenvalue weighted by Gasteiger charge is -2.14. The van der Waals surface area contributed by atoms with E-state index in [0.717, 1.165) is 25.3 Å². The van der Waals surface area contributed by atoms with Gasteiger partial charge in [-0.25, -0.2) is 0 Å². The first-order valence-corrected chi connectivity index (χ1v) is 5.64. The first-order chi connectivity index (χ1) is 7.60. The third-order valence-corrected chi connectivity index (χ3v) is 1.98. The number of nitrogens with one attached hydrogen (secondary N) is 2. The molecule has 0 aromatic heterocycles. The zero-order valence-corrected chi connectivity index (χ0v) is 13.4. The number of carbonyl (C=O) groups is 1. The number of aliphatic imine (C=N–C) groups is 1. The molecule has 17 heavy (non-hydrogen) atoms. The van der Waals surface area contributed by atoms with Crippen LogP contribution in [0.3, 0.4) is 0 Å². The number of halogens is 1. The zero-order valence-electron chi connectivity index (χ0n) is 11.1. The van der Waals surface area contributed by atoms with Crippen molar-refractivity contribution >= 4 is 35.9 Å². The summed E-state index contributed by atoms with van der Waals surface area (Å²) in [6.45, 7) is 4.93. The highest BCUT2D eigenvalue weighted by Gasteiger charge is 2.01. The van der Waals surface area contributed by atoms with Crippen molar-refractivity contribution < 1.29 is 9.53 Å². The Labute approximate surface area is 121 Å². The Hall–Kier alpha value is -0.530. The number of rotatable bonds is 6. The minimum Gasteiger partial charge on any atom is -0.469 e. The Morgan fingerprint density at radius 3 is 2.47 bits per heavy atom. The second-order valence-corrected chi connectivity index (χ2v) is 3.83. The van der Waals surface area contributed by atoms with Crippen LogP contribution in [0.5, 0.6) is 0 Å². The van der Waals surface area contributed by atoms with Gasteiger partial charge in [0.05, 0.1) is 7.11 Å². The summed E-state index contributed by atoms with van der Waals surface area (Å²) in [5.74, 6) is 0.651. The van der Waals surface area contributed by atoms with E-state index in [2.05, 4.69) is 34.2 Å². The molecule has 0 aliphatic carbocycles. The molecule has 0 aromatic carbocycles. The molecule has 0 fully saturated rings. The number of nitrogens with zero attached hydrogens (tertiary/aromatic N) is 1. The molecule has 0 bridgehead atoms. The molecule has 6 heteroatoms. The highest BCUT2D eigenvalue weighted by molar-refractivity contribution is 14.0. The quantitative estimate of drug-likeness (QED) is 0.249. The van der Waals surface area contributed by atoms with Gasteiger partial charge in [0.2, 0.25) is 0 Å². The average molecular weight is 357 g/mol. The highest BCUT2D eigenvalue weighted by Crippen LogP contribution is 1.95. The molecule has 0 aromatic rings. The lowest BCUT2D eigenvalue weighted by Crippen LogP contribution is -2.41. The van der Waals surface area contributed by atoms with Crippen LogP contribution in [0.25, 0.3) is 0 Å². The van der Waals surface area contributed by atoms with E-state index in [1.54, 1.807) is 7.05 Å². The van der Waals surface area contributed by atoms with Crippen molar-refractivity contribution in [2.75, 3.05) is 20.7 Å². The third-order valence-electron chi connectivity index (χ3n) is 1.98. The fraction of sp³-hybridized carbons (Fsp3) is 0.818. The average Bonchev–Trinajstić information content (AvgIpc) is 2.26. The molecule has 0 saturated carbocycles. The van der Waals surface area contributed by atoms with Crippen molar-refractivity contribution in [2.24, 2.45) is 4.99 Å². The summed E-state index contributed by atoms with van der Waals surface area (Å²) in [4.78, 5) is 14.9. The molecule has 0 saturated heterocycles. The van der Waals surface area contributed by atoms with Gasteiger partial charge in [-0.1, -0.05) is 0 Å². The van der Waals surface area contributed by atoms with Crippen molar-refractivity contribution in [3.05, 3.63) is 0 Å². The number of guanidine groups is 1. The lowest BCUT2D eigenvalue weighted by atomic mass is 10.2. The molecule has 2 N–H and O–H groups in total. The third kappa shape index (κ3) is 11.7. The Morgan fingerprint density at radius 1 is 1.35 bits per heavy atom.